The van der Waals surface area contributed by atoms with Crippen molar-refractivity contribution in [1.82, 2.24) is 0 Å². The van der Waals surface area contributed by atoms with Crippen molar-refractivity contribution >= 4 is 16.7 Å². The monoisotopic (exact) mass is 272 g/mol. The summed E-state index contributed by atoms with van der Waals surface area (Å²) in [5.74, 6) is -0.606. The van der Waals surface area contributed by atoms with Crippen LogP contribution in [0.4, 0.5) is 4.39 Å². The minimum absolute atomic E-state index is 0.258. The molecular weight excluding hydrogens is 255 g/mol. The average Bonchev–Trinajstić information content (AvgIpc) is 2.88. The van der Waals surface area contributed by atoms with Gasteiger partial charge in [0.15, 0.2) is 0 Å². The van der Waals surface area contributed by atoms with Gasteiger partial charge in [-0.15, -0.1) is 0 Å². The van der Waals surface area contributed by atoms with Gasteiger partial charge >= 0.3 is 5.97 Å². The number of fused-ring (bicyclic) bond motifs is 1. The van der Waals surface area contributed by atoms with Crippen molar-refractivity contribution in [3.8, 4) is 0 Å². The lowest BCUT2D eigenvalue weighted by Gasteiger charge is -2.29. The van der Waals surface area contributed by atoms with E-state index in [9.17, 15) is 9.18 Å². The number of hydrogen-bond donors (Lipinski definition) is 0. The van der Waals surface area contributed by atoms with Crippen molar-refractivity contribution in [2.45, 2.75) is 38.2 Å². The number of rotatable bonds is 2. The third kappa shape index (κ3) is 2.07. The van der Waals surface area contributed by atoms with Crippen molar-refractivity contribution < 1.29 is 13.9 Å². The zero-order chi connectivity index (χ0) is 14.2. The summed E-state index contributed by atoms with van der Waals surface area (Å²) < 4.78 is 20.4. The second-order valence-corrected chi connectivity index (χ2v) is 5.44. The van der Waals surface area contributed by atoms with Gasteiger partial charge in [0.25, 0.3) is 0 Å². The van der Waals surface area contributed by atoms with Crippen molar-refractivity contribution in [3.63, 3.8) is 0 Å². The van der Waals surface area contributed by atoms with Gasteiger partial charge in [-0.05, 0) is 31.1 Å². The largest absolute Gasteiger partial charge is 0.454 e. The summed E-state index contributed by atoms with van der Waals surface area (Å²) in [5.41, 5.74) is -0.260. The van der Waals surface area contributed by atoms with Crippen LogP contribution in [0.3, 0.4) is 0 Å². The van der Waals surface area contributed by atoms with Crippen LogP contribution in [-0.2, 0) is 15.1 Å². The Bertz CT molecular complexity index is 657. The fourth-order valence-electron chi connectivity index (χ4n) is 3.23. The molecule has 0 radical (unpaired) electrons. The summed E-state index contributed by atoms with van der Waals surface area (Å²) in [7, 11) is 0. The lowest BCUT2D eigenvalue weighted by Crippen LogP contribution is -2.29. The Balaban J connectivity index is 2.16. The lowest BCUT2D eigenvalue weighted by molar-refractivity contribution is -0.158. The Morgan fingerprint density at radius 1 is 1.15 bits per heavy atom. The van der Waals surface area contributed by atoms with E-state index in [0.717, 1.165) is 18.2 Å². The fourth-order valence-corrected chi connectivity index (χ4v) is 3.23. The summed E-state index contributed by atoms with van der Waals surface area (Å²) in [6.07, 6.45) is 3.31. The zero-order valence-electron chi connectivity index (χ0n) is 11.5. The summed E-state index contributed by atoms with van der Waals surface area (Å²) in [6.45, 7) is 1.39. The number of esters is 1. The molecule has 104 valence electrons. The summed E-state index contributed by atoms with van der Waals surface area (Å²) in [4.78, 5) is 11.4. The second kappa shape index (κ2) is 4.89. The van der Waals surface area contributed by atoms with Gasteiger partial charge in [0, 0.05) is 17.9 Å². The Kier molecular flexibility index (Phi) is 3.20. The molecule has 0 heterocycles. The molecule has 0 N–H and O–H groups in total. The summed E-state index contributed by atoms with van der Waals surface area (Å²) in [6, 6.07) is 11.0. The third-order valence-corrected chi connectivity index (χ3v) is 4.10. The first-order chi connectivity index (χ1) is 9.62. The highest BCUT2D eigenvalue weighted by atomic mass is 19.1. The molecule has 1 aliphatic rings. The molecule has 0 bridgehead atoms. The van der Waals surface area contributed by atoms with Crippen molar-refractivity contribution in [2.75, 3.05) is 0 Å². The maximum Gasteiger partial charge on any atom is 0.303 e. The number of halogens is 1. The van der Waals surface area contributed by atoms with Gasteiger partial charge in [0.2, 0.25) is 0 Å². The molecule has 0 aromatic heterocycles. The van der Waals surface area contributed by atoms with E-state index >= 15 is 0 Å². The molecule has 2 aromatic carbocycles. The highest BCUT2D eigenvalue weighted by Crippen LogP contribution is 2.44. The Hall–Kier alpha value is -1.90. The molecule has 3 rings (SSSR count). The van der Waals surface area contributed by atoms with Crippen LogP contribution in [0.15, 0.2) is 36.4 Å². The fraction of sp³-hybridized carbons (Fsp3) is 0.353. The molecule has 2 aromatic rings. The summed E-state index contributed by atoms with van der Waals surface area (Å²) >= 11 is 0. The molecular formula is C17H17FO2. The normalized spacial score (nSPS) is 17.3. The Labute approximate surface area is 117 Å². The van der Waals surface area contributed by atoms with E-state index in [4.69, 9.17) is 4.74 Å². The van der Waals surface area contributed by atoms with Gasteiger partial charge in [-0.3, -0.25) is 4.79 Å². The predicted molar refractivity (Wildman–Crippen MR) is 75.8 cm³/mol. The highest BCUT2D eigenvalue weighted by molar-refractivity contribution is 5.84. The predicted octanol–water partition coefficient (Wildman–Crippen LogP) is 4.31. The third-order valence-electron chi connectivity index (χ3n) is 4.10. The van der Waals surface area contributed by atoms with E-state index in [-0.39, 0.29) is 11.8 Å². The van der Waals surface area contributed by atoms with Crippen LogP contribution in [0.5, 0.6) is 0 Å². The van der Waals surface area contributed by atoms with E-state index in [1.165, 1.54) is 6.92 Å². The number of carbonyl (C=O) groups excluding carboxylic acids is 1. The first kappa shape index (κ1) is 13.1. The van der Waals surface area contributed by atoms with E-state index in [1.807, 2.05) is 24.3 Å². The number of hydrogen-bond acceptors (Lipinski definition) is 2. The minimum Gasteiger partial charge on any atom is -0.454 e. The average molecular weight is 272 g/mol. The van der Waals surface area contributed by atoms with E-state index in [1.54, 1.807) is 12.1 Å². The van der Waals surface area contributed by atoms with Gasteiger partial charge in [-0.1, -0.05) is 36.4 Å². The number of benzene rings is 2. The molecule has 0 atom stereocenters. The molecule has 0 saturated heterocycles. The maximum atomic E-state index is 14.8. The Morgan fingerprint density at radius 3 is 2.55 bits per heavy atom. The SMILES string of the molecule is CC(=O)OC1(c2ccc3ccccc3c2F)CCCC1. The van der Waals surface area contributed by atoms with Crippen LogP contribution < -0.4 is 0 Å². The van der Waals surface area contributed by atoms with Gasteiger partial charge in [0.05, 0.1) is 0 Å². The molecule has 0 aliphatic heterocycles. The highest BCUT2D eigenvalue weighted by Gasteiger charge is 2.41. The molecule has 20 heavy (non-hydrogen) atoms. The van der Waals surface area contributed by atoms with Crippen LogP contribution in [0.2, 0.25) is 0 Å². The van der Waals surface area contributed by atoms with Crippen LogP contribution >= 0.6 is 0 Å². The first-order valence-corrected chi connectivity index (χ1v) is 7.00. The molecule has 1 saturated carbocycles. The molecule has 2 nitrogen and oxygen atoms in total. The lowest BCUT2D eigenvalue weighted by atomic mass is 9.89. The van der Waals surface area contributed by atoms with E-state index in [2.05, 4.69) is 0 Å². The standard InChI is InChI=1S/C17H17FO2/c1-12(19)20-17(10-4-5-11-17)15-9-8-13-6-2-3-7-14(13)16(15)18/h2-3,6-9H,4-5,10-11H2,1H3. The smallest absolute Gasteiger partial charge is 0.303 e. The van der Waals surface area contributed by atoms with Gasteiger partial charge < -0.3 is 4.74 Å². The van der Waals surface area contributed by atoms with E-state index in [0.29, 0.717) is 23.8 Å². The van der Waals surface area contributed by atoms with E-state index < -0.39 is 5.60 Å². The van der Waals surface area contributed by atoms with Gasteiger partial charge in [-0.25, -0.2) is 4.39 Å². The van der Waals surface area contributed by atoms with Crippen LogP contribution in [0, 0.1) is 5.82 Å². The van der Waals surface area contributed by atoms with Crippen LogP contribution in [-0.4, -0.2) is 5.97 Å². The zero-order valence-corrected chi connectivity index (χ0v) is 11.5. The molecule has 0 unspecified atom stereocenters. The summed E-state index contributed by atoms with van der Waals surface area (Å²) in [5, 5.41) is 1.45. The molecule has 1 aliphatic carbocycles. The molecule has 3 heteroatoms. The van der Waals surface area contributed by atoms with Crippen molar-refractivity contribution in [2.24, 2.45) is 0 Å². The van der Waals surface area contributed by atoms with Gasteiger partial charge in [0.1, 0.15) is 11.4 Å². The molecule has 0 amide bonds. The topological polar surface area (TPSA) is 26.3 Å². The Morgan fingerprint density at radius 2 is 1.85 bits per heavy atom. The number of carbonyl (C=O) groups is 1. The van der Waals surface area contributed by atoms with Crippen molar-refractivity contribution in [1.29, 1.82) is 0 Å². The first-order valence-electron chi connectivity index (χ1n) is 7.00. The number of ether oxygens (including phenoxy) is 1. The molecule has 0 spiro atoms. The van der Waals surface area contributed by atoms with Crippen LogP contribution in [0.1, 0.15) is 38.2 Å². The minimum atomic E-state index is -0.778. The van der Waals surface area contributed by atoms with Crippen LogP contribution in [0.25, 0.3) is 10.8 Å². The quantitative estimate of drug-likeness (QED) is 0.761. The van der Waals surface area contributed by atoms with Crippen molar-refractivity contribution in [3.05, 3.63) is 47.8 Å². The van der Waals surface area contributed by atoms with Gasteiger partial charge in [-0.2, -0.15) is 0 Å². The maximum absolute atomic E-state index is 14.8. The molecule has 1 fully saturated rings. The second-order valence-electron chi connectivity index (χ2n) is 5.44.